The molecule has 7 nitrogen and oxygen atoms in total. The van der Waals surface area contributed by atoms with Crippen molar-refractivity contribution in [3.63, 3.8) is 0 Å². The number of ether oxygens (including phenoxy) is 4. The number of rotatable bonds is 24. The zero-order valence-electron chi connectivity index (χ0n) is 44.0. The molecule has 3 rings (SSSR count). The molecule has 2 heterocycles. The van der Waals surface area contributed by atoms with Crippen molar-refractivity contribution in [3.05, 3.63) is 90.1 Å². The Labute approximate surface area is 396 Å². The molecular weight excluding hydrogens is 845 g/mol. The van der Waals surface area contributed by atoms with Crippen molar-refractivity contribution in [2.75, 3.05) is 20.3 Å². The van der Waals surface area contributed by atoms with Gasteiger partial charge in [0, 0.05) is 6.61 Å². The molecule has 0 amide bonds. The number of methoxy groups -OCH3 is 1. The van der Waals surface area contributed by atoms with Crippen LogP contribution in [0.2, 0.25) is 54.4 Å². The lowest BCUT2D eigenvalue weighted by molar-refractivity contribution is -0.0204. The fraction of sp³-hybridized carbons (Fsp3) is 0.704. The van der Waals surface area contributed by atoms with Gasteiger partial charge in [0.1, 0.15) is 5.75 Å². The molecule has 0 bridgehead atoms. The SMILES string of the molecule is C=C(CC(C)CC1CC=CC(CCO[Si](C)(C)C(C)(C)C)O1)CC(/C=C/CC(OCc1ccc(OC)cc1)C(/C=C/C1CC(C)=CCO1)O[Si](C)(C)C(C)(C)C)O[Si](C)(C)C(C)(C)C. The topological polar surface area (TPSA) is 64.6 Å². The van der Waals surface area contributed by atoms with E-state index < -0.39 is 25.0 Å². The minimum atomic E-state index is -2.21. The average molecular weight is 940 g/mol. The highest BCUT2D eigenvalue weighted by Crippen LogP contribution is 2.41. The van der Waals surface area contributed by atoms with Crippen molar-refractivity contribution in [3.8, 4) is 5.75 Å². The third kappa shape index (κ3) is 18.7. The molecule has 2 aliphatic heterocycles. The van der Waals surface area contributed by atoms with Crippen LogP contribution in [0.15, 0.2) is 84.5 Å². The molecule has 64 heavy (non-hydrogen) atoms. The lowest BCUT2D eigenvalue weighted by atomic mass is 9.91. The molecule has 0 saturated heterocycles. The van der Waals surface area contributed by atoms with Gasteiger partial charge in [-0.1, -0.05) is 142 Å². The summed E-state index contributed by atoms with van der Waals surface area (Å²) in [5.74, 6) is 1.27. The van der Waals surface area contributed by atoms with Gasteiger partial charge in [-0.05, 0) is 130 Å². The van der Waals surface area contributed by atoms with Crippen molar-refractivity contribution < 1.29 is 32.2 Å². The monoisotopic (exact) mass is 939 g/mol. The van der Waals surface area contributed by atoms with Gasteiger partial charge in [0.2, 0.25) is 0 Å². The number of benzene rings is 1. The Bertz CT molecular complexity index is 1690. The predicted molar refractivity (Wildman–Crippen MR) is 279 cm³/mol. The summed E-state index contributed by atoms with van der Waals surface area (Å²) in [6.45, 7) is 45.7. The van der Waals surface area contributed by atoms with E-state index in [4.69, 9.17) is 32.2 Å². The first kappa shape index (κ1) is 56.5. The lowest BCUT2D eigenvalue weighted by Crippen LogP contribution is -2.47. The summed E-state index contributed by atoms with van der Waals surface area (Å²) in [7, 11) is -4.43. The third-order valence-corrected chi connectivity index (χ3v) is 28.1. The van der Waals surface area contributed by atoms with Crippen LogP contribution in [0.5, 0.6) is 5.75 Å². The van der Waals surface area contributed by atoms with E-state index in [0.717, 1.165) is 56.4 Å². The summed E-state index contributed by atoms with van der Waals surface area (Å²) in [6, 6.07) is 8.14. The van der Waals surface area contributed by atoms with Crippen LogP contribution >= 0.6 is 0 Å². The summed E-state index contributed by atoms with van der Waals surface area (Å²) in [5.41, 5.74) is 3.66. The molecule has 10 heteroatoms. The molecule has 364 valence electrons. The minimum absolute atomic E-state index is 0.0126. The Morgan fingerprint density at radius 2 is 1.48 bits per heavy atom. The van der Waals surface area contributed by atoms with Crippen LogP contribution in [0.1, 0.15) is 127 Å². The van der Waals surface area contributed by atoms with Crippen molar-refractivity contribution in [1.82, 2.24) is 0 Å². The van der Waals surface area contributed by atoms with E-state index >= 15 is 0 Å². The Kier molecular flexibility index (Phi) is 21.5. The Balaban J connectivity index is 1.82. The van der Waals surface area contributed by atoms with Crippen LogP contribution in [0.3, 0.4) is 0 Å². The molecular formula is C54H94O7Si3. The van der Waals surface area contributed by atoms with Gasteiger partial charge in [-0.3, -0.25) is 0 Å². The van der Waals surface area contributed by atoms with Crippen LogP contribution in [-0.2, 0) is 34.1 Å². The van der Waals surface area contributed by atoms with Gasteiger partial charge in [0.05, 0.1) is 56.9 Å². The first-order chi connectivity index (χ1) is 29.5. The maximum absolute atomic E-state index is 7.26. The summed E-state index contributed by atoms with van der Waals surface area (Å²) in [4.78, 5) is 0. The van der Waals surface area contributed by atoms with Gasteiger partial charge in [-0.2, -0.15) is 0 Å². The van der Waals surface area contributed by atoms with Crippen molar-refractivity contribution in [2.45, 2.75) is 219 Å². The summed E-state index contributed by atoms with van der Waals surface area (Å²) < 4.78 is 46.1. The Morgan fingerprint density at radius 3 is 2.08 bits per heavy atom. The second-order valence-corrected chi connectivity index (χ2v) is 37.8. The summed E-state index contributed by atoms with van der Waals surface area (Å²) in [5, 5.41) is 0.298. The molecule has 0 spiro atoms. The zero-order chi connectivity index (χ0) is 48.1. The smallest absolute Gasteiger partial charge is 0.193 e. The molecule has 0 radical (unpaired) electrons. The maximum Gasteiger partial charge on any atom is 0.193 e. The molecule has 2 aliphatic rings. The molecule has 7 unspecified atom stereocenters. The van der Waals surface area contributed by atoms with Crippen LogP contribution < -0.4 is 4.74 Å². The Morgan fingerprint density at radius 1 is 0.859 bits per heavy atom. The molecule has 0 aliphatic carbocycles. The molecule has 1 aromatic carbocycles. The normalized spacial score (nSPS) is 21.5. The highest BCUT2D eigenvalue weighted by Gasteiger charge is 2.42. The fourth-order valence-corrected chi connectivity index (χ4v) is 10.9. The average Bonchev–Trinajstić information content (AvgIpc) is 3.16. The molecule has 0 saturated carbocycles. The van der Waals surface area contributed by atoms with Crippen LogP contribution in [0, 0.1) is 5.92 Å². The lowest BCUT2D eigenvalue weighted by Gasteiger charge is -2.40. The summed E-state index contributed by atoms with van der Waals surface area (Å²) in [6.07, 6.45) is 21.6. The van der Waals surface area contributed by atoms with E-state index in [0.29, 0.717) is 25.6 Å². The maximum atomic E-state index is 7.26. The third-order valence-electron chi connectivity index (χ3n) is 14.6. The first-order valence-electron chi connectivity index (χ1n) is 24.4. The quantitative estimate of drug-likeness (QED) is 0.0756. The van der Waals surface area contributed by atoms with Crippen LogP contribution in [0.4, 0.5) is 0 Å². The van der Waals surface area contributed by atoms with E-state index in [9.17, 15) is 0 Å². The van der Waals surface area contributed by atoms with Crippen LogP contribution in [-0.4, -0.2) is 81.9 Å². The second-order valence-electron chi connectivity index (χ2n) is 23.5. The zero-order valence-corrected chi connectivity index (χ0v) is 47.0. The molecule has 0 N–H and O–H groups in total. The van der Waals surface area contributed by atoms with Gasteiger partial charge in [-0.15, -0.1) is 0 Å². The van der Waals surface area contributed by atoms with Gasteiger partial charge >= 0.3 is 0 Å². The molecule has 7 atom stereocenters. The fourth-order valence-electron chi connectivity index (χ4n) is 7.26. The Hall–Kier alpha value is -1.87. The molecule has 0 aromatic heterocycles. The molecule has 1 aromatic rings. The van der Waals surface area contributed by atoms with E-state index in [-0.39, 0.29) is 51.7 Å². The van der Waals surface area contributed by atoms with Crippen molar-refractivity contribution >= 4 is 25.0 Å². The van der Waals surface area contributed by atoms with Gasteiger partial charge in [0.15, 0.2) is 25.0 Å². The number of hydrogen-bond donors (Lipinski definition) is 0. The largest absolute Gasteiger partial charge is 0.497 e. The summed E-state index contributed by atoms with van der Waals surface area (Å²) >= 11 is 0. The highest BCUT2D eigenvalue weighted by molar-refractivity contribution is 6.75. The van der Waals surface area contributed by atoms with Gasteiger partial charge < -0.3 is 32.2 Å². The van der Waals surface area contributed by atoms with E-state index in [1.165, 1.54) is 11.1 Å². The minimum Gasteiger partial charge on any atom is -0.497 e. The standard InChI is InChI=1S/C54H94O7Si3/c1-41-32-34-56-47(37-41)30-31-51(61-64(18,19)54(10,11)12)50(57-40-44-26-28-45(55-13)29-27-44)25-21-24-49(60-63(16,17)53(7,8)9)39-43(3)36-42(2)38-48-23-20-22-46(59-48)33-35-58-62(14,15)52(4,5)6/h20-22,24,26-32,42,46-51H,3,23,25,33-40H2,1-2,4-19H3/b24-21+,31-30+. The predicted octanol–water partition coefficient (Wildman–Crippen LogP) is 15.1. The van der Waals surface area contributed by atoms with E-state index in [2.05, 4.69) is 177 Å². The first-order valence-corrected chi connectivity index (χ1v) is 33.1. The van der Waals surface area contributed by atoms with E-state index in [1.807, 2.05) is 12.1 Å². The van der Waals surface area contributed by atoms with E-state index in [1.54, 1.807) is 7.11 Å². The molecule has 0 fully saturated rings. The van der Waals surface area contributed by atoms with Gasteiger partial charge in [-0.25, -0.2) is 0 Å². The van der Waals surface area contributed by atoms with Gasteiger partial charge in [0.25, 0.3) is 0 Å². The highest BCUT2D eigenvalue weighted by atomic mass is 28.4. The van der Waals surface area contributed by atoms with Crippen molar-refractivity contribution in [1.29, 1.82) is 0 Å². The second kappa shape index (κ2) is 24.4. The van der Waals surface area contributed by atoms with Crippen molar-refractivity contribution in [2.24, 2.45) is 5.92 Å². The number of hydrogen-bond acceptors (Lipinski definition) is 7. The van der Waals surface area contributed by atoms with Crippen LogP contribution in [0.25, 0.3) is 0 Å².